The van der Waals surface area contributed by atoms with Crippen LogP contribution in [0, 0.1) is 0 Å². The number of para-hydroxylation sites is 1. The summed E-state index contributed by atoms with van der Waals surface area (Å²) in [6, 6.07) is 7.73. The minimum atomic E-state index is -3.15. The third-order valence-electron chi connectivity index (χ3n) is 3.66. The lowest BCUT2D eigenvalue weighted by Gasteiger charge is -2.25. The highest BCUT2D eigenvalue weighted by Gasteiger charge is 2.20. The van der Waals surface area contributed by atoms with Gasteiger partial charge in [0.2, 0.25) is 0 Å². The van der Waals surface area contributed by atoms with E-state index in [0.717, 1.165) is 18.5 Å². The van der Waals surface area contributed by atoms with Crippen molar-refractivity contribution < 1.29 is 8.42 Å². The second-order valence-corrected chi connectivity index (χ2v) is 7.37. The molecule has 4 heteroatoms. The third-order valence-corrected chi connectivity index (χ3v) is 5.63. The van der Waals surface area contributed by atoms with E-state index in [9.17, 15) is 8.42 Å². The van der Waals surface area contributed by atoms with Crippen LogP contribution < -0.4 is 5.32 Å². The van der Waals surface area contributed by atoms with Gasteiger partial charge in [0, 0.05) is 6.04 Å². The molecule has 1 aliphatic carbocycles. The van der Waals surface area contributed by atoms with E-state index in [0.29, 0.717) is 17.4 Å². The Morgan fingerprint density at radius 1 is 1.16 bits per heavy atom. The monoisotopic (exact) mass is 281 g/mol. The average molecular weight is 281 g/mol. The molecule has 1 N–H and O–H groups in total. The number of hydrogen-bond acceptors (Lipinski definition) is 3. The lowest BCUT2D eigenvalue weighted by Crippen LogP contribution is -2.23. The molecule has 0 atom stereocenters. The molecule has 1 aliphatic rings. The van der Waals surface area contributed by atoms with Crippen LogP contribution in [0.2, 0.25) is 0 Å². The summed E-state index contributed by atoms with van der Waals surface area (Å²) in [6.45, 7) is 1.90. The molecule has 106 valence electrons. The van der Waals surface area contributed by atoms with Crippen molar-refractivity contribution in [2.45, 2.75) is 56.4 Å². The van der Waals surface area contributed by atoms with Crippen LogP contribution in [0.1, 0.15) is 45.4 Å². The molecule has 0 bridgehead atoms. The smallest absolute Gasteiger partial charge is 0.180 e. The highest BCUT2D eigenvalue weighted by molar-refractivity contribution is 7.91. The maximum atomic E-state index is 12.3. The molecule has 3 nitrogen and oxygen atoms in total. The fourth-order valence-electron chi connectivity index (χ4n) is 2.70. The van der Waals surface area contributed by atoms with E-state index in [1.54, 1.807) is 12.1 Å². The molecule has 0 spiro atoms. The molecule has 0 amide bonds. The van der Waals surface area contributed by atoms with Gasteiger partial charge in [-0.15, -0.1) is 0 Å². The fourth-order valence-corrected chi connectivity index (χ4v) is 4.21. The molecular weight excluding hydrogens is 258 g/mol. The second kappa shape index (κ2) is 6.42. The van der Waals surface area contributed by atoms with E-state index in [2.05, 4.69) is 5.32 Å². The van der Waals surface area contributed by atoms with Crippen LogP contribution in [0.25, 0.3) is 0 Å². The molecule has 19 heavy (non-hydrogen) atoms. The molecule has 1 aromatic rings. The molecule has 1 fully saturated rings. The molecule has 0 unspecified atom stereocenters. The van der Waals surface area contributed by atoms with Crippen LogP contribution in [0.15, 0.2) is 29.2 Å². The van der Waals surface area contributed by atoms with Gasteiger partial charge in [-0.3, -0.25) is 0 Å². The minimum Gasteiger partial charge on any atom is -0.381 e. The van der Waals surface area contributed by atoms with Gasteiger partial charge < -0.3 is 5.32 Å². The van der Waals surface area contributed by atoms with Gasteiger partial charge >= 0.3 is 0 Å². The molecule has 0 radical (unpaired) electrons. The van der Waals surface area contributed by atoms with Crippen molar-refractivity contribution in [2.24, 2.45) is 0 Å². The van der Waals surface area contributed by atoms with Crippen LogP contribution in [-0.2, 0) is 9.84 Å². The highest BCUT2D eigenvalue weighted by atomic mass is 32.2. The van der Waals surface area contributed by atoms with E-state index >= 15 is 0 Å². The summed E-state index contributed by atoms with van der Waals surface area (Å²) in [5.74, 6) is 0.219. The van der Waals surface area contributed by atoms with Crippen molar-refractivity contribution in [3.8, 4) is 0 Å². The Bertz CT molecular complexity index is 505. The lowest BCUT2D eigenvalue weighted by atomic mass is 9.95. The molecule has 1 aromatic carbocycles. The van der Waals surface area contributed by atoms with E-state index in [1.165, 1.54) is 19.3 Å². The highest BCUT2D eigenvalue weighted by Crippen LogP contribution is 2.27. The summed E-state index contributed by atoms with van der Waals surface area (Å²) in [6.07, 6.45) is 6.71. The molecule has 1 saturated carbocycles. The second-order valence-electron chi connectivity index (χ2n) is 5.29. The largest absolute Gasteiger partial charge is 0.381 e. The van der Waals surface area contributed by atoms with Gasteiger partial charge in [0.25, 0.3) is 0 Å². The van der Waals surface area contributed by atoms with E-state index in [4.69, 9.17) is 0 Å². The predicted molar refractivity (Wildman–Crippen MR) is 79.3 cm³/mol. The first-order valence-corrected chi connectivity index (χ1v) is 8.87. The zero-order valence-corrected chi connectivity index (χ0v) is 12.4. The topological polar surface area (TPSA) is 46.2 Å². The van der Waals surface area contributed by atoms with E-state index in [-0.39, 0.29) is 5.75 Å². The number of sulfone groups is 1. The fraction of sp³-hybridized carbons (Fsp3) is 0.600. The van der Waals surface area contributed by atoms with Crippen LogP contribution in [0.4, 0.5) is 5.69 Å². The van der Waals surface area contributed by atoms with Crippen LogP contribution >= 0.6 is 0 Å². The number of rotatable bonds is 5. The zero-order valence-electron chi connectivity index (χ0n) is 11.6. The Morgan fingerprint density at radius 3 is 2.53 bits per heavy atom. The van der Waals surface area contributed by atoms with Gasteiger partial charge in [-0.2, -0.15) is 0 Å². The van der Waals surface area contributed by atoms with Gasteiger partial charge in [-0.1, -0.05) is 38.3 Å². The Balaban J connectivity index is 2.20. The molecule has 0 aromatic heterocycles. The maximum Gasteiger partial charge on any atom is 0.180 e. The first kappa shape index (κ1) is 14.4. The Labute approximate surface area is 116 Å². The number of hydrogen-bond donors (Lipinski definition) is 1. The normalized spacial score (nSPS) is 17.3. The quantitative estimate of drug-likeness (QED) is 0.896. The number of nitrogens with one attached hydrogen (secondary N) is 1. The van der Waals surface area contributed by atoms with E-state index < -0.39 is 9.84 Å². The summed E-state index contributed by atoms with van der Waals surface area (Å²) in [4.78, 5) is 0.461. The van der Waals surface area contributed by atoms with Crippen LogP contribution in [0.5, 0.6) is 0 Å². The minimum absolute atomic E-state index is 0.219. The predicted octanol–water partition coefficient (Wildman–Crippen LogP) is 3.61. The van der Waals surface area contributed by atoms with E-state index in [1.807, 2.05) is 19.1 Å². The molecule has 0 aliphatic heterocycles. The van der Waals surface area contributed by atoms with Crippen molar-refractivity contribution >= 4 is 15.5 Å². The molecular formula is C15H23NO2S. The van der Waals surface area contributed by atoms with Crippen molar-refractivity contribution in [3.05, 3.63) is 24.3 Å². The molecule has 2 rings (SSSR count). The Morgan fingerprint density at radius 2 is 1.84 bits per heavy atom. The Hall–Kier alpha value is -1.03. The summed E-state index contributed by atoms with van der Waals surface area (Å²) >= 11 is 0. The lowest BCUT2D eigenvalue weighted by molar-refractivity contribution is 0.462. The summed E-state index contributed by atoms with van der Waals surface area (Å²) in [5, 5.41) is 3.43. The van der Waals surface area contributed by atoms with Gasteiger partial charge in [-0.05, 0) is 31.4 Å². The van der Waals surface area contributed by atoms with Gasteiger partial charge in [0.15, 0.2) is 9.84 Å². The zero-order chi connectivity index (χ0) is 13.7. The van der Waals surface area contributed by atoms with Crippen LogP contribution in [0.3, 0.4) is 0 Å². The van der Waals surface area contributed by atoms with Gasteiger partial charge in [0.05, 0.1) is 16.3 Å². The molecule has 0 heterocycles. The SMILES string of the molecule is CCCS(=O)(=O)c1ccccc1NC1CCCCC1. The van der Waals surface area contributed by atoms with Gasteiger partial charge in [-0.25, -0.2) is 8.42 Å². The first-order chi connectivity index (χ1) is 9.13. The van der Waals surface area contributed by atoms with Crippen LogP contribution in [-0.4, -0.2) is 20.2 Å². The maximum absolute atomic E-state index is 12.3. The standard InChI is InChI=1S/C15H23NO2S/c1-2-12-19(17,18)15-11-7-6-10-14(15)16-13-8-4-3-5-9-13/h6-7,10-11,13,16H,2-5,8-9,12H2,1H3. The average Bonchev–Trinajstić information content (AvgIpc) is 2.40. The molecule has 0 saturated heterocycles. The van der Waals surface area contributed by atoms with Crippen molar-refractivity contribution in [1.82, 2.24) is 0 Å². The first-order valence-electron chi connectivity index (χ1n) is 7.22. The number of anilines is 1. The van der Waals surface area contributed by atoms with Crippen molar-refractivity contribution in [3.63, 3.8) is 0 Å². The summed E-state index contributed by atoms with van der Waals surface area (Å²) in [5.41, 5.74) is 0.780. The summed E-state index contributed by atoms with van der Waals surface area (Å²) < 4.78 is 24.5. The van der Waals surface area contributed by atoms with Gasteiger partial charge in [0.1, 0.15) is 0 Å². The number of benzene rings is 1. The third kappa shape index (κ3) is 3.72. The van der Waals surface area contributed by atoms with Crippen molar-refractivity contribution in [2.75, 3.05) is 11.1 Å². The Kier molecular flexibility index (Phi) is 4.86. The summed E-state index contributed by atoms with van der Waals surface area (Å²) in [7, 11) is -3.15. The van der Waals surface area contributed by atoms with Crippen molar-refractivity contribution in [1.29, 1.82) is 0 Å².